The zero-order valence-electron chi connectivity index (χ0n) is 18.0. The molecule has 3 aromatic rings. The zero-order valence-corrected chi connectivity index (χ0v) is 18.8. The number of amides is 1. The highest BCUT2D eigenvalue weighted by Crippen LogP contribution is 2.34. The normalized spacial score (nSPS) is 16.4. The Balaban J connectivity index is 1.43. The maximum Gasteiger partial charge on any atom is 0.259 e. The number of nitrogens with zero attached hydrogens (tertiary/aromatic N) is 3. The van der Waals surface area contributed by atoms with Gasteiger partial charge >= 0.3 is 0 Å². The molecule has 0 spiro atoms. The molecule has 3 N–H and O–H groups in total. The molecule has 2 aromatic heterocycles. The fraction of sp³-hybridized carbons (Fsp3) is 0.348. The highest BCUT2D eigenvalue weighted by molar-refractivity contribution is 7.14. The van der Waals surface area contributed by atoms with Crippen LogP contribution < -0.4 is 20.7 Å². The number of anilines is 2. The zero-order chi connectivity index (χ0) is 22.0. The number of benzene rings is 1. The van der Waals surface area contributed by atoms with Crippen LogP contribution in [0, 0.1) is 0 Å². The lowest BCUT2D eigenvalue weighted by atomic mass is 9.82. The molecule has 1 aliphatic rings. The average Bonchev–Trinajstić information content (AvgIpc) is 3.43. The van der Waals surface area contributed by atoms with Gasteiger partial charge in [0.15, 0.2) is 5.13 Å². The summed E-state index contributed by atoms with van der Waals surface area (Å²) in [6.07, 6.45) is 2.56. The van der Waals surface area contributed by atoms with Gasteiger partial charge in [-0.05, 0) is 36.2 Å². The summed E-state index contributed by atoms with van der Waals surface area (Å²) in [5.41, 5.74) is 8.19. The van der Waals surface area contributed by atoms with E-state index in [4.69, 9.17) is 10.5 Å². The number of thiazole rings is 1. The number of methoxy groups -OCH3 is 1. The first-order chi connectivity index (χ1) is 14.9. The minimum Gasteiger partial charge on any atom is -0.497 e. The lowest BCUT2D eigenvalue weighted by Gasteiger charge is -2.23. The third-order valence-electron chi connectivity index (χ3n) is 5.74. The van der Waals surface area contributed by atoms with Crippen molar-refractivity contribution in [2.24, 2.45) is 5.73 Å². The predicted octanol–water partition coefficient (Wildman–Crippen LogP) is 3.66. The highest BCUT2D eigenvalue weighted by Gasteiger charge is 2.27. The van der Waals surface area contributed by atoms with E-state index in [-0.39, 0.29) is 17.4 Å². The van der Waals surface area contributed by atoms with E-state index in [9.17, 15) is 4.79 Å². The lowest BCUT2D eigenvalue weighted by molar-refractivity contribution is 0.102. The predicted molar refractivity (Wildman–Crippen MR) is 124 cm³/mol. The Morgan fingerprint density at radius 2 is 2.03 bits per heavy atom. The van der Waals surface area contributed by atoms with E-state index in [1.54, 1.807) is 19.4 Å². The Labute approximate surface area is 186 Å². The highest BCUT2D eigenvalue weighted by atomic mass is 32.1. The molecule has 1 saturated heterocycles. The molecule has 1 aromatic carbocycles. The molecule has 4 rings (SSSR count). The van der Waals surface area contributed by atoms with Gasteiger partial charge in [-0.15, -0.1) is 11.3 Å². The molecule has 1 unspecified atom stereocenters. The molecular formula is C23H27N5O2S. The van der Waals surface area contributed by atoms with Gasteiger partial charge in [0.05, 0.1) is 18.4 Å². The van der Waals surface area contributed by atoms with Crippen LogP contribution in [0.2, 0.25) is 0 Å². The first-order valence-electron chi connectivity index (χ1n) is 10.3. The SMILES string of the molecule is COc1ccc(C(C)(C)c2csc(NC(=O)c3ccc(N4CCC(N)C4)nc3)n2)cc1. The van der Waals surface area contributed by atoms with Gasteiger partial charge in [0.1, 0.15) is 11.6 Å². The van der Waals surface area contributed by atoms with Gasteiger partial charge in [-0.25, -0.2) is 9.97 Å². The van der Waals surface area contributed by atoms with Gasteiger partial charge < -0.3 is 15.4 Å². The van der Waals surface area contributed by atoms with Crippen LogP contribution in [0.4, 0.5) is 10.9 Å². The van der Waals surface area contributed by atoms with Crippen molar-refractivity contribution in [2.45, 2.75) is 31.7 Å². The molecule has 1 amide bonds. The number of pyridine rings is 1. The van der Waals surface area contributed by atoms with E-state index < -0.39 is 0 Å². The number of carbonyl (C=O) groups excluding carboxylic acids is 1. The van der Waals surface area contributed by atoms with Gasteiger partial charge in [0.2, 0.25) is 0 Å². The quantitative estimate of drug-likeness (QED) is 0.611. The van der Waals surface area contributed by atoms with Gasteiger partial charge in [-0.3, -0.25) is 10.1 Å². The van der Waals surface area contributed by atoms with Crippen LogP contribution in [-0.2, 0) is 5.41 Å². The summed E-state index contributed by atoms with van der Waals surface area (Å²) in [6.45, 7) is 5.92. The average molecular weight is 438 g/mol. The molecule has 3 heterocycles. The largest absolute Gasteiger partial charge is 0.497 e. The van der Waals surface area contributed by atoms with Crippen LogP contribution >= 0.6 is 11.3 Å². The summed E-state index contributed by atoms with van der Waals surface area (Å²) in [6, 6.07) is 11.8. The molecule has 31 heavy (non-hydrogen) atoms. The molecule has 0 radical (unpaired) electrons. The molecule has 0 saturated carbocycles. The monoisotopic (exact) mass is 437 g/mol. The molecule has 1 atom stereocenters. The number of carbonyl (C=O) groups is 1. The number of hydrogen-bond donors (Lipinski definition) is 2. The number of nitrogens with two attached hydrogens (primary N) is 1. The molecular weight excluding hydrogens is 410 g/mol. The van der Waals surface area contributed by atoms with Crippen molar-refractivity contribution in [1.82, 2.24) is 9.97 Å². The summed E-state index contributed by atoms with van der Waals surface area (Å²) in [5, 5.41) is 5.44. The van der Waals surface area contributed by atoms with Crippen molar-refractivity contribution >= 4 is 28.2 Å². The van der Waals surface area contributed by atoms with Crippen LogP contribution in [0.25, 0.3) is 0 Å². The van der Waals surface area contributed by atoms with E-state index in [1.807, 2.05) is 35.7 Å². The lowest BCUT2D eigenvalue weighted by Crippen LogP contribution is -2.26. The van der Waals surface area contributed by atoms with E-state index >= 15 is 0 Å². The van der Waals surface area contributed by atoms with E-state index in [0.717, 1.165) is 42.3 Å². The summed E-state index contributed by atoms with van der Waals surface area (Å²) >= 11 is 1.42. The Bertz CT molecular complexity index is 1050. The van der Waals surface area contributed by atoms with Gasteiger partial charge in [-0.2, -0.15) is 0 Å². The number of nitrogens with one attached hydrogen (secondary N) is 1. The first-order valence-corrected chi connectivity index (χ1v) is 11.1. The maximum atomic E-state index is 12.7. The fourth-order valence-electron chi connectivity index (χ4n) is 3.65. The number of rotatable bonds is 6. The standard InChI is InChI=1S/C23H27N5O2S/c1-23(2,16-5-7-18(30-3)8-6-16)19-14-31-22(26-19)27-21(29)15-4-9-20(25-12-15)28-11-10-17(24)13-28/h4-9,12,14,17H,10-11,13,24H2,1-3H3,(H,26,27,29). The van der Waals surface area contributed by atoms with Crippen LogP contribution in [-0.4, -0.2) is 42.1 Å². The van der Waals surface area contributed by atoms with Crippen LogP contribution in [0.5, 0.6) is 5.75 Å². The van der Waals surface area contributed by atoms with Crippen molar-refractivity contribution in [3.63, 3.8) is 0 Å². The Hall–Kier alpha value is -2.97. The number of hydrogen-bond acceptors (Lipinski definition) is 7. The molecule has 0 bridgehead atoms. The third kappa shape index (κ3) is 4.55. The topological polar surface area (TPSA) is 93.4 Å². The van der Waals surface area contributed by atoms with E-state index in [0.29, 0.717) is 10.7 Å². The molecule has 7 nitrogen and oxygen atoms in total. The number of ether oxygens (including phenoxy) is 1. The molecule has 0 aliphatic carbocycles. The number of aromatic nitrogens is 2. The summed E-state index contributed by atoms with van der Waals surface area (Å²) in [5.74, 6) is 1.44. The smallest absolute Gasteiger partial charge is 0.259 e. The van der Waals surface area contributed by atoms with Crippen LogP contribution in [0.1, 0.15) is 41.9 Å². The second kappa shape index (κ2) is 8.64. The Kier molecular flexibility index (Phi) is 5.93. The van der Waals surface area contributed by atoms with Crippen LogP contribution in [0.3, 0.4) is 0 Å². The van der Waals surface area contributed by atoms with Crippen molar-refractivity contribution in [1.29, 1.82) is 0 Å². The van der Waals surface area contributed by atoms with Crippen molar-refractivity contribution in [3.8, 4) is 5.75 Å². The van der Waals surface area contributed by atoms with E-state index in [1.165, 1.54) is 11.3 Å². The Morgan fingerprint density at radius 1 is 1.26 bits per heavy atom. The molecule has 1 aliphatic heterocycles. The first kappa shape index (κ1) is 21.3. The fourth-order valence-corrected chi connectivity index (χ4v) is 4.52. The third-order valence-corrected chi connectivity index (χ3v) is 6.49. The van der Waals surface area contributed by atoms with E-state index in [2.05, 4.69) is 34.0 Å². The summed E-state index contributed by atoms with van der Waals surface area (Å²) in [7, 11) is 1.65. The molecule has 8 heteroatoms. The second-order valence-electron chi connectivity index (χ2n) is 8.25. The van der Waals surface area contributed by atoms with Gasteiger partial charge in [0, 0.05) is 36.1 Å². The minimum absolute atomic E-state index is 0.186. The summed E-state index contributed by atoms with van der Waals surface area (Å²) < 4.78 is 5.24. The van der Waals surface area contributed by atoms with Gasteiger partial charge in [0.25, 0.3) is 5.91 Å². The maximum absolute atomic E-state index is 12.7. The van der Waals surface area contributed by atoms with Gasteiger partial charge in [-0.1, -0.05) is 26.0 Å². The summed E-state index contributed by atoms with van der Waals surface area (Å²) in [4.78, 5) is 23.9. The van der Waals surface area contributed by atoms with Crippen LogP contribution in [0.15, 0.2) is 48.0 Å². The second-order valence-corrected chi connectivity index (χ2v) is 9.10. The molecule has 162 valence electrons. The minimum atomic E-state index is -0.300. The van der Waals surface area contributed by atoms with Crippen molar-refractivity contribution in [3.05, 3.63) is 64.8 Å². The van der Waals surface area contributed by atoms with Crippen molar-refractivity contribution in [2.75, 3.05) is 30.4 Å². The Morgan fingerprint density at radius 3 is 2.65 bits per heavy atom. The molecule has 1 fully saturated rings. The van der Waals surface area contributed by atoms with Crippen molar-refractivity contribution < 1.29 is 9.53 Å².